The van der Waals surface area contributed by atoms with Crippen LogP contribution in [0.15, 0.2) is 42.5 Å². The van der Waals surface area contributed by atoms with Gasteiger partial charge in [0.1, 0.15) is 11.8 Å². The van der Waals surface area contributed by atoms with E-state index in [2.05, 4.69) is 27.3 Å². The van der Waals surface area contributed by atoms with Gasteiger partial charge in [-0.15, -0.1) is 0 Å². The van der Waals surface area contributed by atoms with E-state index in [1.165, 1.54) is 25.7 Å². The summed E-state index contributed by atoms with van der Waals surface area (Å²) in [6.07, 6.45) is 6.93. The Morgan fingerprint density at radius 3 is 2.55 bits per heavy atom. The van der Waals surface area contributed by atoms with Crippen molar-refractivity contribution in [2.45, 2.75) is 58.0 Å². The van der Waals surface area contributed by atoms with Crippen molar-refractivity contribution in [3.05, 3.63) is 48.0 Å². The topological polar surface area (TPSA) is 79.1 Å². The van der Waals surface area contributed by atoms with E-state index in [1.54, 1.807) is 0 Å². The summed E-state index contributed by atoms with van der Waals surface area (Å²) in [5.41, 5.74) is 4.39. The van der Waals surface area contributed by atoms with Crippen LogP contribution in [0.5, 0.6) is 5.75 Å². The Labute approximate surface area is 194 Å². The van der Waals surface area contributed by atoms with Crippen molar-refractivity contribution in [1.29, 1.82) is 5.26 Å². The minimum absolute atomic E-state index is 0.154. The summed E-state index contributed by atoms with van der Waals surface area (Å²) < 4.78 is 8.02. The molecule has 2 amide bonds. The molecule has 2 fully saturated rings. The number of nitrogens with zero attached hydrogens (tertiary/aromatic N) is 2. The predicted octanol–water partition coefficient (Wildman–Crippen LogP) is 6.05. The van der Waals surface area contributed by atoms with Crippen molar-refractivity contribution in [3.63, 3.8) is 0 Å². The first-order valence-electron chi connectivity index (χ1n) is 12.0. The molecule has 0 unspecified atom stereocenters. The van der Waals surface area contributed by atoms with E-state index in [1.807, 2.05) is 43.3 Å². The number of rotatable bonds is 7. The number of nitrogens with one attached hydrogen (secondary N) is 2. The average molecular weight is 443 g/mol. The molecule has 0 atom stereocenters. The highest BCUT2D eigenvalue weighted by molar-refractivity contribution is 5.96. The molecule has 2 N–H and O–H groups in total. The van der Waals surface area contributed by atoms with Gasteiger partial charge >= 0.3 is 6.03 Å². The molecule has 0 spiro atoms. The van der Waals surface area contributed by atoms with Crippen LogP contribution in [0.25, 0.3) is 22.2 Å². The maximum absolute atomic E-state index is 12.3. The first kappa shape index (κ1) is 21.4. The molecule has 6 heteroatoms. The average Bonchev–Trinajstić information content (AvgIpc) is 3.39. The second-order valence-electron chi connectivity index (χ2n) is 9.16. The molecule has 2 aliphatic rings. The third kappa shape index (κ3) is 4.54. The van der Waals surface area contributed by atoms with Crippen LogP contribution < -0.4 is 15.4 Å². The summed E-state index contributed by atoms with van der Waals surface area (Å²) in [6, 6.07) is 16.4. The van der Waals surface area contributed by atoms with Crippen LogP contribution in [-0.4, -0.2) is 23.2 Å². The van der Waals surface area contributed by atoms with Crippen molar-refractivity contribution in [1.82, 2.24) is 9.88 Å². The summed E-state index contributed by atoms with van der Waals surface area (Å²) in [5, 5.41) is 17.0. The van der Waals surface area contributed by atoms with Gasteiger partial charge in [-0.2, -0.15) is 5.26 Å². The lowest BCUT2D eigenvalue weighted by Crippen LogP contribution is -2.36. The van der Waals surface area contributed by atoms with Gasteiger partial charge in [-0.25, -0.2) is 4.79 Å². The third-order valence-corrected chi connectivity index (χ3v) is 6.70. The number of carbonyl (C=O) groups excluding carboxylic acids is 1. The molecule has 5 rings (SSSR count). The van der Waals surface area contributed by atoms with E-state index >= 15 is 0 Å². The maximum atomic E-state index is 12.3. The number of anilines is 1. The number of amides is 2. The SMILES string of the molecule is CCOc1ccc2c(C#N)c(-c3ccc(NC(=O)NC4CCCC4)cc3)n(CC3CC3)c2c1. The molecule has 1 heterocycles. The van der Waals surface area contributed by atoms with Gasteiger partial charge in [0.25, 0.3) is 0 Å². The molecule has 0 aliphatic heterocycles. The fraction of sp³-hybridized carbons (Fsp3) is 0.407. The summed E-state index contributed by atoms with van der Waals surface area (Å²) in [5.74, 6) is 1.48. The molecule has 1 aromatic heterocycles. The Balaban J connectivity index is 1.46. The van der Waals surface area contributed by atoms with Gasteiger partial charge in [0.15, 0.2) is 0 Å². The lowest BCUT2D eigenvalue weighted by Gasteiger charge is -2.14. The van der Waals surface area contributed by atoms with Gasteiger partial charge in [0.05, 0.1) is 23.4 Å². The monoisotopic (exact) mass is 442 g/mol. The van der Waals surface area contributed by atoms with E-state index in [4.69, 9.17) is 4.74 Å². The standard InChI is InChI=1S/C27H30N4O2/c1-2-33-22-13-14-23-24(16-28)26(31(25(23)15-22)17-18-7-8-18)19-9-11-21(12-10-19)30-27(32)29-20-5-3-4-6-20/h9-15,18,20H,2-8,17H2,1H3,(H2,29,30,32). The highest BCUT2D eigenvalue weighted by Crippen LogP contribution is 2.39. The zero-order valence-corrected chi connectivity index (χ0v) is 19.1. The largest absolute Gasteiger partial charge is 0.494 e. The number of hydrogen-bond acceptors (Lipinski definition) is 3. The summed E-state index contributed by atoms with van der Waals surface area (Å²) in [6.45, 7) is 3.48. The quantitative estimate of drug-likeness (QED) is 0.467. The Morgan fingerprint density at radius 1 is 1.12 bits per heavy atom. The smallest absolute Gasteiger partial charge is 0.319 e. The number of benzene rings is 2. The molecule has 33 heavy (non-hydrogen) atoms. The van der Waals surface area contributed by atoms with Crippen LogP contribution >= 0.6 is 0 Å². The Bertz CT molecular complexity index is 1200. The Kier molecular flexibility index (Phi) is 5.95. The van der Waals surface area contributed by atoms with Crippen molar-refractivity contribution < 1.29 is 9.53 Å². The zero-order chi connectivity index (χ0) is 22.8. The summed E-state index contributed by atoms with van der Waals surface area (Å²) in [4.78, 5) is 12.3. The van der Waals surface area contributed by atoms with Crippen molar-refractivity contribution in [2.24, 2.45) is 5.92 Å². The molecule has 170 valence electrons. The predicted molar refractivity (Wildman–Crippen MR) is 130 cm³/mol. The highest BCUT2D eigenvalue weighted by Gasteiger charge is 2.27. The number of nitriles is 1. The van der Waals surface area contributed by atoms with Crippen molar-refractivity contribution in [3.8, 4) is 23.1 Å². The third-order valence-electron chi connectivity index (χ3n) is 6.70. The molecule has 0 radical (unpaired) electrons. The first-order chi connectivity index (χ1) is 16.2. The fourth-order valence-electron chi connectivity index (χ4n) is 4.88. The van der Waals surface area contributed by atoms with E-state index < -0.39 is 0 Å². The van der Waals surface area contributed by atoms with Gasteiger partial charge in [0.2, 0.25) is 0 Å². The number of fused-ring (bicyclic) bond motifs is 1. The van der Waals surface area contributed by atoms with Gasteiger partial charge < -0.3 is 19.9 Å². The van der Waals surface area contributed by atoms with Gasteiger partial charge in [-0.3, -0.25) is 0 Å². The van der Waals surface area contributed by atoms with Crippen LogP contribution in [0.4, 0.5) is 10.5 Å². The second-order valence-corrected chi connectivity index (χ2v) is 9.16. The van der Waals surface area contributed by atoms with Crippen molar-refractivity contribution in [2.75, 3.05) is 11.9 Å². The molecular weight excluding hydrogens is 412 g/mol. The molecule has 2 aromatic carbocycles. The van der Waals surface area contributed by atoms with E-state index in [-0.39, 0.29) is 12.1 Å². The lowest BCUT2D eigenvalue weighted by atomic mass is 10.1. The first-order valence-corrected chi connectivity index (χ1v) is 12.0. The van der Waals surface area contributed by atoms with Gasteiger partial charge in [0, 0.05) is 29.7 Å². The fourth-order valence-corrected chi connectivity index (χ4v) is 4.88. The minimum atomic E-state index is -0.154. The number of hydrogen-bond donors (Lipinski definition) is 2. The summed E-state index contributed by atoms with van der Waals surface area (Å²) >= 11 is 0. The van der Waals surface area contributed by atoms with Crippen LogP contribution in [0.3, 0.4) is 0 Å². The van der Waals surface area contributed by atoms with E-state index in [0.717, 1.165) is 53.0 Å². The Morgan fingerprint density at radius 2 is 1.88 bits per heavy atom. The van der Waals surface area contributed by atoms with E-state index in [0.29, 0.717) is 18.1 Å². The summed E-state index contributed by atoms with van der Waals surface area (Å²) in [7, 11) is 0. The van der Waals surface area contributed by atoms with Gasteiger partial charge in [-0.05, 0) is 68.4 Å². The molecular formula is C27H30N4O2. The van der Waals surface area contributed by atoms with E-state index in [9.17, 15) is 10.1 Å². The van der Waals surface area contributed by atoms with Crippen LogP contribution in [-0.2, 0) is 6.54 Å². The number of ether oxygens (including phenoxy) is 1. The van der Waals surface area contributed by atoms with Crippen molar-refractivity contribution >= 4 is 22.6 Å². The molecule has 0 bridgehead atoms. The molecule has 0 saturated heterocycles. The number of urea groups is 1. The lowest BCUT2D eigenvalue weighted by molar-refractivity contribution is 0.248. The minimum Gasteiger partial charge on any atom is -0.494 e. The maximum Gasteiger partial charge on any atom is 0.319 e. The normalized spacial score (nSPS) is 16.0. The van der Waals surface area contributed by atoms with Crippen LogP contribution in [0.2, 0.25) is 0 Å². The molecule has 3 aromatic rings. The van der Waals surface area contributed by atoms with Crippen LogP contribution in [0.1, 0.15) is 51.0 Å². The zero-order valence-electron chi connectivity index (χ0n) is 19.1. The Hall–Kier alpha value is -3.46. The highest BCUT2D eigenvalue weighted by atomic mass is 16.5. The molecule has 6 nitrogen and oxygen atoms in total. The van der Waals surface area contributed by atoms with Crippen LogP contribution in [0, 0.1) is 17.2 Å². The molecule has 2 saturated carbocycles. The number of aromatic nitrogens is 1. The second kappa shape index (κ2) is 9.19. The molecule has 2 aliphatic carbocycles. The number of carbonyl (C=O) groups is 1. The van der Waals surface area contributed by atoms with Gasteiger partial charge in [-0.1, -0.05) is 25.0 Å².